The number of hydrogen-bond donors (Lipinski definition) is 0. The topological polar surface area (TPSA) is 87.3 Å². The molecule has 0 fully saturated rings. The number of aromatic nitrogens is 2. The van der Waals surface area contributed by atoms with E-state index in [1.807, 2.05) is 0 Å². The Morgan fingerprint density at radius 3 is 2.70 bits per heavy atom. The molecule has 1 heterocycles. The van der Waals surface area contributed by atoms with E-state index < -0.39 is 4.92 Å². The summed E-state index contributed by atoms with van der Waals surface area (Å²) in [7, 11) is 1.61. The van der Waals surface area contributed by atoms with Gasteiger partial charge in [0.25, 0.3) is 0 Å². The molecule has 0 aliphatic carbocycles. The zero-order valence-electron chi connectivity index (χ0n) is 11.3. The quantitative estimate of drug-likeness (QED) is 0.486. The van der Waals surface area contributed by atoms with Gasteiger partial charge in [0.1, 0.15) is 0 Å². The Kier molecular flexibility index (Phi) is 3.51. The third-order valence-electron chi connectivity index (χ3n) is 2.92. The molecule has 0 aliphatic heterocycles. The van der Waals surface area contributed by atoms with Crippen molar-refractivity contribution in [3.05, 3.63) is 45.1 Å². The summed E-state index contributed by atoms with van der Waals surface area (Å²) >= 11 is 0. The number of carbonyl (C=O) groups excluding carboxylic acids is 1. The van der Waals surface area contributed by atoms with Gasteiger partial charge in [0, 0.05) is 13.1 Å². The Morgan fingerprint density at radius 1 is 1.40 bits per heavy atom. The number of aryl methyl sites for hydroxylation is 3. The first-order chi connectivity index (χ1) is 9.45. The SMILES string of the molecule is Cc1cccc([N+](=O)[O-])c1Oc1c(C=O)c(C)nn1C. The molecule has 0 bridgehead atoms. The van der Waals surface area contributed by atoms with Crippen molar-refractivity contribution in [1.29, 1.82) is 0 Å². The molecular weight excluding hydrogens is 262 g/mol. The summed E-state index contributed by atoms with van der Waals surface area (Å²) in [6, 6.07) is 4.63. The summed E-state index contributed by atoms with van der Waals surface area (Å²) in [6.45, 7) is 3.37. The molecule has 0 radical (unpaired) electrons. The van der Waals surface area contributed by atoms with Crippen molar-refractivity contribution < 1.29 is 14.5 Å². The molecule has 0 spiro atoms. The van der Waals surface area contributed by atoms with Gasteiger partial charge in [-0.1, -0.05) is 12.1 Å². The molecular formula is C13H13N3O4. The molecule has 20 heavy (non-hydrogen) atoms. The molecule has 0 aliphatic rings. The van der Waals surface area contributed by atoms with Crippen LogP contribution >= 0.6 is 0 Å². The molecule has 0 amide bonds. The van der Waals surface area contributed by atoms with Crippen LogP contribution in [0.25, 0.3) is 0 Å². The van der Waals surface area contributed by atoms with E-state index in [9.17, 15) is 14.9 Å². The average molecular weight is 275 g/mol. The number of para-hydroxylation sites is 1. The minimum absolute atomic E-state index is 0.114. The number of benzene rings is 1. The predicted molar refractivity (Wildman–Crippen MR) is 71.2 cm³/mol. The van der Waals surface area contributed by atoms with Crippen LogP contribution < -0.4 is 4.74 Å². The van der Waals surface area contributed by atoms with Gasteiger partial charge in [0.05, 0.1) is 16.2 Å². The standard InChI is InChI=1S/C13H13N3O4/c1-8-5-4-6-11(16(18)19)12(8)20-13-10(7-17)9(2)14-15(13)3/h4-7H,1-3H3. The van der Waals surface area contributed by atoms with E-state index >= 15 is 0 Å². The van der Waals surface area contributed by atoms with E-state index in [0.717, 1.165) is 0 Å². The Labute approximate surface area is 114 Å². The van der Waals surface area contributed by atoms with Crippen molar-refractivity contribution in [2.45, 2.75) is 13.8 Å². The van der Waals surface area contributed by atoms with E-state index in [0.29, 0.717) is 17.5 Å². The first-order valence-electron chi connectivity index (χ1n) is 5.86. The van der Waals surface area contributed by atoms with Crippen molar-refractivity contribution in [3.8, 4) is 11.6 Å². The molecule has 2 rings (SSSR count). The molecule has 7 nitrogen and oxygen atoms in total. The molecule has 2 aromatic rings. The second-order valence-electron chi connectivity index (χ2n) is 4.33. The third-order valence-corrected chi connectivity index (χ3v) is 2.92. The van der Waals surface area contributed by atoms with Gasteiger partial charge in [-0.15, -0.1) is 0 Å². The Balaban J connectivity index is 2.56. The summed E-state index contributed by atoms with van der Waals surface area (Å²) in [5.74, 6) is 0.304. The third kappa shape index (κ3) is 2.25. The highest BCUT2D eigenvalue weighted by Crippen LogP contribution is 2.35. The van der Waals surface area contributed by atoms with E-state index in [2.05, 4.69) is 5.10 Å². The normalized spacial score (nSPS) is 10.3. The number of ether oxygens (including phenoxy) is 1. The molecule has 1 aromatic carbocycles. The molecule has 7 heteroatoms. The first-order valence-corrected chi connectivity index (χ1v) is 5.86. The lowest BCUT2D eigenvalue weighted by atomic mass is 10.2. The van der Waals surface area contributed by atoms with Crippen LogP contribution in [0.5, 0.6) is 11.6 Å². The summed E-state index contributed by atoms with van der Waals surface area (Å²) in [6.07, 6.45) is 0.627. The maximum Gasteiger partial charge on any atom is 0.311 e. The van der Waals surface area contributed by atoms with Crippen molar-refractivity contribution in [3.63, 3.8) is 0 Å². The van der Waals surface area contributed by atoms with Crippen LogP contribution in [0.2, 0.25) is 0 Å². The second kappa shape index (κ2) is 5.12. The highest BCUT2D eigenvalue weighted by Gasteiger charge is 2.22. The second-order valence-corrected chi connectivity index (χ2v) is 4.33. The number of nitro groups is 1. The fourth-order valence-electron chi connectivity index (χ4n) is 1.92. The van der Waals surface area contributed by atoms with Gasteiger partial charge in [-0.2, -0.15) is 5.10 Å². The highest BCUT2D eigenvalue weighted by atomic mass is 16.6. The van der Waals surface area contributed by atoms with Gasteiger partial charge in [-0.05, 0) is 19.4 Å². The van der Waals surface area contributed by atoms with E-state index in [4.69, 9.17) is 4.74 Å². The van der Waals surface area contributed by atoms with Crippen LogP contribution in [0.4, 0.5) is 5.69 Å². The molecule has 0 saturated heterocycles. The lowest BCUT2D eigenvalue weighted by molar-refractivity contribution is -0.385. The lowest BCUT2D eigenvalue weighted by Crippen LogP contribution is -2.01. The smallest absolute Gasteiger partial charge is 0.311 e. The van der Waals surface area contributed by atoms with Crippen LogP contribution in [-0.4, -0.2) is 21.0 Å². The largest absolute Gasteiger partial charge is 0.431 e. The van der Waals surface area contributed by atoms with E-state index in [-0.39, 0.29) is 22.9 Å². The number of rotatable bonds is 4. The summed E-state index contributed by atoms with van der Waals surface area (Å²) in [5.41, 5.74) is 1.24. The summed E-state index contributed by atoms with van der Waals surface area (Å²) in [4.78, 5) is 21.6. The maximum atomic E-state index is 11.1. The molecule has 0 N–H and O–H groups in total. The highest BCUT2D eigenvalue weighted by molar-refractivity contribution is 5.80. The minimum atomic E-state index is -0.522. The summed E-state index contributed by atoms with van der Waals surface area (Å²) in [5, 5.41) is 15.1. The maximum absolute atomic E-state index is 11.1. The van der Waals surface area contributed by atoms with Gasteiger partial charge in [-0.3, -0.25) is 14.9 Å². The molecule has 104 valence electrons. The van der Waals surface area contributed by atoms with E-state index in [1.165, 1.54) is 10.7 Å². The minimum Gasteiger partial charge on any atom is -0.431 e. The lowest BCUT2D eigenvalue weighted by Gasteiger charge is -2.09. The van der Waals surface area contributed by atoms with Crippen LogP contribution in [0.3, 0.4) is 0 Å². The van der Waals surface area contributed by atoms with Gasteiger partial charge in [0.2, 0.25) is 11.6 Å². The van der Waals surface area contributed by atoms with Crippen molar-refractivity contribution >= 4 is 12.0 Å². The van der Waals surface area contributed by atoms with E-state index in [1.54, 1.807) is 33.0 Å². The molecule has 0 atom stereocenters. The molecule has 1 aromatic heterocycles. The average Bonchev–Trinajstić information content (AvgIpc) is 2.65. The van der Waals surface area contributed by atoms with Crippen molar-refractivity contribution in [2.24, 2.45) is 7.05 Å². The zero-order valence-corrected chi connectivity index (χ0v) is 11.3. The van der Waals surface area contributed by atoms with Crippen molar-refractivity contribution in [1.82, 2.24) is 9.78 Å². The number of carbonyl (C=O) groups is 1. The Bertz CT molecular complexity index is 691. The Hall–Kier alpha value is -2.70. The van der Waals surface area contributed by atoms with Gasteiger partial charge in [-0.25, -0.2) is 4.68 Å². The zero-order chi connectivity index (χ0) is 14.9. The van der Waals surface area contributed by atoms with Crippen molar-refractivity contribution in [2.75, 3.05) is 0 Å². The number of aldehydes is 1. The van der Waals surface area contributed by atoms with Crippen LogP contribution in [-0.2, 0) is 7.05 Å². The van der Waals surface area contributed by atoms with Gasteiger partial charge in [0.15, 0.2) is 6.29 Å². The molecule has 0 saturated carbocycles. The van der Waals surface area contributed by atoms with Gasteiger partial charge >= 0.3 is 5.69 Å². The first kappa shape index (κ1) is 13.7. The fourth-order valence-corrected chi connectivity index (χ4v) is 1.92. The van der Waals surface area contributed by atoms with Crippen LogP contribution in [0.15, 0.2) is 18.2 Å². The van der Waals surface area contributed by atoms with Gasteiger partial charge < -0.3 is 4.74 Å². The predicted octanol–water partition coefficient (Wildman–Crippen LogP) is 2.55. The van der Waals surface area contributed by atoms with Crippen LogP contribution in [0, 0.1) is 24.0 Å². The molecule has 0 unspecified atom stereocenters. The monoisotopic (exact) mass is 275 g/mol. The summed E-state index contributed by atoms with van der Waals surface area (Å²) < 4.78 is 6.99. The number of hydrogen-bond acceptors (Lipinski definition) is 5. The Morgan fingerprint density at radius 2 is 2.10 bits per heavy atom. The number of nitro benzene ring substituents is 1. The number of nitrogens with zero attached hydrogens (tertiary/aromatic N) is 3. The van der Waals surface area contributed by atoms with Crippen LogP contribution in [0.1, 0.15) is 21.6 Å². The fraction of sp³-hybridized carbons (Fsp3) is 0.231.